The number of aromatic nitrogens is 1. The van der Waals surface area contributed by atoms with Crippen molar-refractivity contribution in [1.29, 1.82) is 0 Å². The van der Waals surface area contributed by atoms with E-state index in [9.17, 15) is 0 Å². The first-order valence-corrected chi connectivity index (χ1v) is 6.27. The van der Waals surface area contributed by atoms with Crippen LogP contribution in [0.1, 0.15) is 5.69 Å². The van der Waals surface area contributed by atoms with E-state index in [1.165, 1.54) is 0 Å². The predicted molar refractivity (Wildman–Crippen MR) is 69.3 cm³/mol. The Morgan fingerprint density at radius 2 is 2.06 bits per heavy atom. The lowest BCUT2D eigenvalue weighted by atomic mass is 10.2. The van der Waals surface area contributed by atoms with Gasteiger partial charge in [-0.3, -0.25) is 4.98 Å². The van der Waals surface area contributed by atoms with Gasteiger partial charge in [0, 0.05) is 36.8 Å². The Hall–Kier alpha value is -1.14. The van der Waals surface area contributed by atoms with E-state index >= 15 is 0 Å². The zero-order valence-electron chi connectivity index (χ0n) is 9.67. The van der Waals surface area contributed by atoms with Gasteiger partial charge in [0.2, 0.25) is 0 Å². The molecular weight excluding hydrogens is 284 g/mol. The van der Waals surface area contributed by atoms with Crippen molar-refractivity contribution in [2.75, 3.05) is 33.2 Å². The highest BCUT2D eigenvalue weighted by Gasteiger charge is 2.20. The van der Waals surface area contributed by atoms with Gasteiger partial charge in [0.1, 0.15) is 5.69 Å². The number of hydrogen-bond acceptors (Lipinski definition) is 4. The number of halogens is 1. The molecule has 1 saturated heterocycles. The van der Waals surface area contributed by atoms with Crippen LogP contribution in [0, 0.1) is 0 Å². The van der Waals surface area contributed by atoms with Crippen molar-refractivity contribution in [3.63, 3.8) is 0 Å². The summed E-state index contributed by atoms with van der Waals surface area (Å²) in [7, 11) is 2.09. The molecule has 2 rings (SSSR count). The minimum atomic E-state index is 0.547. The van der Waals surface area contributed by atoms with E-state index in [1.807, 2.05) is 12.1 Å². The summed E-state index contributed by atoms with van der Waals surface area (Å²) in [6, 6.07) is 3.74. The van der Waals surface area contributed by atoms with Crippen LogP contribution in [0.5, 0.6) is 0 Å². The van der Waals surface area contributed by atoms with Gasteiger partial charge < -0.3 is 15.0 Å². The summed E-state index contributed by atoms with van der Waals surface area (Å²) < 4.78 is 0.914. The molecule has 1 aromatic heterocycles. The molecule has 0 saturated carbocycles. The molecule has 0 radical (unpaired) electrons. The topological polar surface area (TPSA) is 52.0 Å². The first-order chi connectivity index (χ1) is 8.20. The molecule has 0 aliphatic carbocycles. The molecule has 17 heavy (non-hydrogen) atoms. The van der Waals surface area contributed by atoms with Crippen LogP contribution in [0.4, 0.5) is 0 Å². The molecule has 2 heterocycles. The van der Waals surface area contributed by atoms with Gasteiger partial charge in [0.05, 0.1) is 0 Å². The number of rotatable bonds is 1. The molecule has 0 atom stereocenters. The number of nitrogens with zero attached hydrogens (tertiary/aromatic N) is 4. The molecular formula is C11H15BrN4O. The minimum Gasteiger partial charge on any atom is -0.409 e. The average molecular weight is 299 g/mol. The maximum Gasteiger partial charge on any atom is 0.193 e. The van der Waals surface area contributed by atoms with E-state index in [0.717, 1.165) is 30.7 Å². The Morgan fingerprint density at radius 3 is 2.59 bits per heavy atom. The molecule has 0 bridgehead atoms. The molecule has 1 fully saturated rings. The van der Waals surface area contributed by atoms with Gasteiger partial charge in [-0.25, -0.2) is 0 Å². The van der Waals surface area contributed by atoms with Gasteiger partial charge >= 0.3 is 0 Å². The number of piperazine rings is 1. The van der Waals surface area contributed by atoms with E-state index in [4.69, 9.17) is 5.21 Å². The smallest absolute Gasteiger partial charge is 0.193 e. The Kier molecular flexibility index (Phi) is 3.96. The number of likely N-dealkylation sites (N-methyl/N-ethyl adjacent to an activating group) is 1. The second-order valence-electron chi connectivity index (χ2n) is 4.08. The van der Waals surface area contributed by atoms with Crippen LogP contribution < -0.4 is 0 Å². The predicted octanol–water partition coefficient (Wildman–Crippen LogP) is 1.23. The summed E-state index contributed by atoms with van der Waals surface area (Å²) in [5, 5.41) is 12.5. The molecule has 92 valence electrons. The van der Waals surface area contributed by atoms with Gasteiger partial charge in [-0.05, 0) is 35.1 Å². The van der Waals surface area contributed by atoms with Crippen molar-refractivity contribution in [3.05, 3.63) is 28.5 Å². The van der Waals surface area contributed by atoms with Gasteiger partial charge in [0.25, 0.3) is 0 Å². The molecule has 1 aromatic rings. The summed E-state index contributed by atoms with van der Waals surface area (Å²) in [6.07, 6.45) is 1.70. The SMILES string of the molecule is CN1CCN(C(=NO)c2ccc(Br)cn2)CC1. The van der Waals surface area contributed by atoms with E-state index in [2.05, 4.69) is 42.9 Å². The van der Waals surface area contributed by atoms with Crippen molar-refractivity contribution in [2.45, 2.75) is 0 Å². The summed E-state index contributed by atoms with van der Waals surface area (Å²) in [5.74, 6) is 0.547. The number of oxime groups is 1. The lowest BCUT2D eigenvalue weighted by Gasteiger charge is -2.33. The zero-order chi connectivity index (χ0) is 12.3. The quantitative estimate of drug-likeness (QED) is 0.367. The fourth-order valence-corrected chi connectivity index (χ4v) is 2.04. The van der Waals surface area contributed by atoms with Crippen molar-refractivity contribution in [3.8, 4) is 0 Å². The van der Waals surface area contributed by atoms with Crippen LogP contribution in [0.3, 0.4) is 0 Å². The highest BCUT2D eigenvalue weighted by atomic mass is 79.9. The largest absolute Gasteiger partial charge is 0.409 e. The van der Waals surface area contributed by atoms with Crippen LogP contribution in [0.15, 0.2) is 28.0 Å². The molecule has 6 heteroatoms. The van der Waals surface area contributed by atoms with Crippen molar-refractivity contribution < 1.29 is 5.21 Å². The fraction of sp³-hybridized carbons (Fsp3) is 0.455. The third kappa shape index (κ3) is 2.95. The number of pyridine rings is 1. The van der Waals surface area contributed by atoms with E-state index < -0.39 is 0 Å². The molecule has 1 N–H and O–H groups in total. The van der Waals surface area contributed by atoms with Gasteiger partial charge in [-0.1, -0.05) is 5.16 Å². The normalized spacial score (nSPS) is 18.5. The Bertz CT molecular complexity index is 398. The minimum absolute atomic E-state index is 0.547. The molecule has 0 spiro atoms. The van der Waals surface area contributed by atoms with Crippen LogP contribution in [0.25, 0.3) is 0 Å². The molecule has 0 unspecified atom stereocenters. The third-order valence-corrected chi connectivity index (χ3v) is 3.32. The lowest BCUT2D eigenvalue weighted by molar-refractivity contribution is 0.207. The van der Waals surface area contributed by atoms with Gasteiger partial charge in [-0.2, -0.15) is 0 Å². The molecule has 0 aromatic carbocycles. The van der Waals surface area contributed by atoms with Gasteiger partial charge in [0.15, 0.2) is 5.84 Å². The molecule has 5 nitrogen and oxygen atoms in total. The second-order valence-corrected chi connectivity index (χ2v) is 4.99. The van der Waals surface area contributed by atoms with Crippen LogP contribution in [0.2, 0.25) is 0 Å². The first-order valence-electron chi connectivity index (χ1n) is 5.48. The van der Waals surface area contributed by atoms with Gasteiger partial charge in [-0.15, -0.1) is 0 Å². The number of hydrogen-bond donors (Lipinski definition) is 1. The maximum absolute atomic E-state index is 9.15. The van der Waals surface area contributed by atoms with Crippen molar-refractivity contribution >= 4 is 21.8 Å². The Morgan fingerprint density at radius 1 is 1.35 bits per heavy atom. The summed E-state index contributed by atoms with van der Waals surface area (Å²) in [6.45, 7) is 3.65. The third-order valence-electron chi connectivity index (χ3n) is 2.85. The first kappa shape index (κ1) is 12.3. The average Bonchev–Trinajstić information content (AvgIpc) is 2.35. The van der Waals surface area contributed by atoms with E-state index in [0.29, 0.717) is 11.5 Å². The number of amidine groups is 1. The second kappa shape index (κ2) is 5.46. The van der Waals surface area contributed by atoms with Crippen LogP contribution in [-0.2, 0) is 0 Å². The van der Waals surface area contributed by atoms with Crippen molar-refractivity contribution in [1.82, 2.24) is 14.8 Å². The summed E-state index contributed by atoms with van der Waals surface area (Å²) in [4.78, 5) is 8.55. The van der Waals surface area contributed by atoms with Crippen LogP contribution in [-0.4, -0.2) is 59.1 Å². The molecule has 0 amide bonds. The van der Waals surface area contributed by atoms with E-state index in [1.54, 1.807) is 6.20 Å². The molecule has 1 aliphatic heterocycles. The van der Waals surface area contributed by atoms with Crippen molar-refractivity contribution in [2.24, 2.45) is 5.16 Å². The van der Waals surface area contributed by atoms with E-state index in [-0.39, 0.29) is 0 Å². The standard InChI is InChI=1S/C11H15BrN4O/c1-15-4-6-16(7-5-15)11(14-17)10-3-2-9(12)8-13-10/h2-3,8,17H,4-7H2,1H3. The zero-order valence-corrected chi connectivity index (χ0v) is 11.3. The molecule has 1 aliphatic rings. The highest BCUT2D eigenvalue weighted by Crippen LogP contribution is 2.11. The summed E-state index contributed by atoms with van der Waals surface area (Å²) in [5.41, 5.74) is 0.695. The Balaban J connectivity index is 2.14. The summed E-state index contributed by atoms with van der Waals surface area (Å²) >= 11 is 3.34. The van der Waals surface area contributed by atoms with Crippen LogP contribution >= 0.6 is 15.9 Å². The fourth-order valence-electron chi connectivity index (χ4n) is 1.80. The maximum atomic E-state index is 9.15. The lowest BCUT2D eigenvalue weighted by Crippen LogP contribution is -2.47. The monoisotopic (exact) mass is 298 g/mol. The highest BCUT2D eigenvalue weighted by molar-refractivity contribution is 9.10. The Labute approximate surface area is 109 Å².